The molecule has 0 unspecified atom stereocenters. The number of hydrogen-bond donors (Lipinski definition) is 0. The van der Waals surface area contributed by atoms with E-state index >= 15 is 0 Å². The van der Waals surface area contributed by atoms with Crippen molar-refractivity contribution in [2.24, 2.45) is 11.8 Å². The minimum atomic E-state index is 1.15. The summed E-state index contributed by atoms with van der Waals surface area (Å²) in [5.41, 5.74) is 0. The van der Waals surface area contributed by atoms with Crippen LogP contribution in [0.1, 0.15) is 57.8 Å². The minimum Gasteiger partial charge on any atom is -0.0530 e. The molecular weight excluding hydrogens is 132 g/mol. The van der Waals surface area contributed by atoms with Crippen LogP contribution in [0, 0.1) is 11.8 Å². The standard InChI is InChI=1S/C11H20/c1(2-5-11-8-9-11)4-10-6-3-7-10/h10-11H,1-9H2. The van der Waals surface area contributed by atoms with E-state index in [-0.39, 0.29) is 0 Å². The Labute approximate surface area is 70.4 Å². The average Bonchev–Trinajstić information content (AvgIpc) is 2.66. The Balaban J connectivity index is 1.40. The van der Waals surface area contributed by atoms with Gasteiger partial charge >= 0.3 is 0 Å². The van der Waals surface area contributed by atoms with Crippen LogP contribution in [0.25, 0.3) is 0 Å². The van der Waals surface area contributed by atoms with E-state index in [1.165, 1.54) is 19.3 Å². The van der Waals surface area contributed by atoms with Crippen LogP contribution in [0.15, 0.2) is 0 Å². The molecule has 2 aliphatic carbocycles. The molecule has 0 nitrogen and oxygen atoms in total. The lowest BCUT2D eigenvalue weighted by atomic mass is 9.81. The average molecular weight is 152 g/mol. The highest BCUT2D eigenvalue weighted by atomic mass is 14.3. The van der Waals surface area contributed by atoms with Crippen LogP contribution in [0.3, 0.4) is 0 Å². The Morgan fingerprint density at radius 3 is 1.64 bits per heavy atom. The zero-order valence-corrected chi connectivity index (χ0v) is 7.52. The summed E-state index contributed by atoms with van der Waals surface area (Å²) in [6, 6.07) is 0. The third-order valence-electron chi connectivity index (χ3n) is 3.40. The molecule has 0 radical (unpaired) electrons. The van der Waals surface area contributed by atoms with Gasteiger partial charge in [0, 0.05) is 0 Å². The molecule has 0 atom stereocenters. The van der Waals surface area contributed by atoms with Gasteiger partial charge in [-0.05, 0) is 11.8 Å². The van der Waals surface area contributed by atoms with Crippen LogP contribution >= 0.6 is 0 Å². The summed E-state index contributed by atoms with van der Waals surface area (Å²) in [4.78, 5) is 0. The largest absolute Gasteiger partial charge is 0.0530 e. The Hall–Kier alpha value is 0. The van der Waals surface area contributed by atoms with Crippen molar-refractivity contribution >= 4 is 0 Å². The summed E-state index contributed by atoms with van der Waals surface area (Å²) in [7, 11) is 0. The van der Waals surface area contributed by atoms with Gasteiger partial charge in [0.25, 0.3) is 0 Å². The van der Waals surface area contributed by atoms with Crippen molar-refractivity contribution in [3.8, 4) is 0 Å². The fourth-order valence-corrected chi connectivity index (χ4v) is 2.05. The molecule has 0 spiro atoms. The quantitative estimate of drug-likeness (QED) is 0.526. The predicted molar refractivity (Wildman–Crippen MR) is 48.5 cm³/mol. The molecule has 0 bridgehead atoms. The van der Waals surface area contributed by atoms with Crippen LogP contribution in [0.4, 0.5) is 0 Å². The summed E-state index contributed by atoms with van der Waals surface area (Å²) >= 11 is 0. The summed E-state index contributed by atoms with van der Waals surface area (Å²) in [6.07, 6.45) is 13.9. The molecule has 0 N–H and O–H groups in total. The van der Waals surface area contributed by atoms with Crippen LogP contribution in [0.5, 0.6) is 0 Å². The Morgan fingerprint density at radius 1 is 0.727 bits per heavy atom. The van der Waals surface area contributed by atoms with Crippen LogP contribution in [-0.4, -0.2) is 0 Å². The molecule has 11 heavy (non-hydrogen) atoms. The van der Waals surface area contributed by atoms with E-state index in [2.05, 4.69) is 0 Å². The molecule has 0 aromatic carbocycles. The van der Waals surface area contributed by atoms with Crippen molar-refractivity contribution in [1.29, 1.82) is 0 Å². The summed E-state index contributed by atoms with van der Waals surface area (Å²) in [5.74, 6) is 2.31. The van der Waals surface area contributed by atoms with Gasteiger partial charge in [0.1, 0.15) is 0 Å². The first-order valence-corrected chi connectivity index (χ1v) is 5.45. The van der Waals surface area contributed by atoms with E-state index in [9.17, 15) is 0 Å². The summed E-state index contributed by atoms with van der Waals surface area (Å²) in [6.45, 7) is 0. The molecular formula is C11H20. The van der Waals surface area contributed by atoms with Crippen molar-refractivity contribution in [3.05, 3.63) is 0 Å². The van der Waals surface area contributed by atoms with Crippen LogP contribution in [-0.2, 0) is 0 Å². The van der Waals surface area contributed by atoms with Gasteiger partial charge in [0.05, 0.1) is 0 Å². The third kappa shape index (κ3) is 2.50. The first kappa shape index (κ1) is 7.64. The summed E-state index contributed by atoms with van der Waals surface area (Å²) in [5, 5.41) is 0. The first-order valence-electron chi connectivity index (χ1n) is 5.45. The van der Waals surface area contributed by atoms with E-state index in [1.54, 1.807) is 38.5 Å². The molecule has 0 aromatic rings. The van der Waals surface area contributed by atoms with Crippen molar-refractivity contribution in [2.75, 3.05) is 0 Å². The van der Waals surface area contributed by atoms with Gasteiger partial charge in [-0.3, -0.25) is 0 Å². The van der Waals surface area contributed by atoms with Gasteiger partial charge in [-0.2, -0.15) is 0 Å². The van der Waals surface area contributed by atoms with Crippen molar-refractivity contribution in [2.45, 2.75) is 57.8 Å². The maximum atomic E-state index is 1.55. The molecule has 0 saturated heterocycles. The maximum absolute atomic E-state index is 1.55. The lowest BCUT2D eigenvalue weighted by molar-refractivity contribution is 0.286. The van der Waals surface area contributed by atoms with Gasteiger partial charge < -0.3 is 0 Å². The van der Waals surface area contributed by atoms with Crippen molar-refractivity contribution in [1.82, 2.24) is 0 Å². The lowest BCUT2D eigenvalue weighted by Gasteiger charge is -2.24. The van der Waals surface area contributed by atoms with Crippen molar-refractivity contribution < 1.29 is 0 Å². The Morgan fingerprint density at radius 2 is 1.27 bits per heavy atom. The van der Waals surface area contributed by atoms with Crippen molar-refractivity contribution in [3.63, 3.8) is 0 Å². The fourth-order valence-electron chi connectivity index (χ4n) is 2.05. The topological polar surface area (TPSA) is 0 Å². The molecule has 64 valence electrons. The second kappa shape index (κ2) is 3.60. The monoisotopic (exact) mass is 152 g/mol. The molecule has 2 aliphatic rings. The molecule has 2 fully saturated rings. The number of rotatable bonds is 5. The van der Waals surface area contributed by atoms with Crippen LogP contribution in [0.2, 0.25) is 0 Å². The Bertz CT molecular complexity index is 109. The van der Waals surface area contributed by atoms with E-state index in [0.717, 1.165) is 11.8 Å². The normalized spacial score (nSPS) is 25.1. The van der Waals surface area contributed by atoms with Gasteiger partial charge in [-0.25, -0.2) is 0 Å². The molecule has 2 rings (SSSR count). The van der Waals surface area contributed by atoms with Gasteiger partial charge in [-0.15, -0.1) is 0 Å². The highest BCUT2D eigenvalue weighted by Crippen LogP contribution is 2.35. The van der Waals surface area contributed by atoms with E-state index in [1.807, 2.05) is 0 Å². The van der Waals surface area contributed by atoms with Gasteiger partial charge in [0.15, 0.2) is 0 Å². The predicted octanol–water partition coefficient (Wildman–Crippen LogP) is 3.76. The Kier molecular flexibility index (Phi) is 2.50. The molecule has 0 heterocycles. The lowest BCUT2D eigenvalue weighted by Crippen LogP contribution is -2.10. The van der Waals surface area contributed by atoms with Gasteiger partial charge in [-0.1, -0.05) is 57.8 Å². The molecule has 2 saturated carbocycles. The number of hydrogen-bond acceptors (Lipinski definition) is 0. The zero-order valence-electron chi connectivity index (χ0n) is 7.52. The van der Waals surface area contributed by atoms with Crippen LogP contribution < -0.4 is 0 Å². The fraction of sp³-hybridized carbons (Fsp3) is 1.00. The molecule has 0 heteroatoms. The minimum absolute atomic E-state index is 1.15. The second-order valence-corrected chi connectivity index (χ2v) is 4.52. The van der Waals surface area contributed by atoms with E-state index < -0.39 is 0 Å². The maximum Gasteiger partial charge on any atom is -0.0414 e. The van der Waals surface area contributed by atoms with Gasteiger partial charge in [0.2, 0.25) is 0 Å². The zero-order chi connectivity index (χ0) is 7.52. The van der Waals surface area contributed by atoms with E-state index in [0.29, 0.717) is 0 Å². The summed E-state index contributed by atoms with van der Waals surface area (Å²) < 4.78 is 0. The third-order valence-corrected chi connectivity index (χ3v) is 3.40. The highest BCUT2D eigenvalue weighted by Gasteiger charge is 2.21. The number of unbranched alkanes of at least 4 members (excludes halogenated alkanes) is 1. The first-order chi connectivity index (χ1) is 5.45. The smallest absolute Gasteiger partial charge is 0.0414 e. The molecule has 0 aliphatic heterocycles. The highest BCUT2D eigenvalue weighted by molar-refractivity contribution is 4.74. The SMILES string of the molecule is C(CCC1CC1)CC1CCC1. The second-order valence-electron chi connectivity index (χ2n) is 4.52. The molecule has 0 aromatic heterocycles. The molecule has 0 amide bonds. The van der Waals surface area contributed by atoms with E-state index in [4.69, 9.17) is 0 Å².